The normalized spacial score (nSPS) is 16.3. The first kappa shape index (κ1) is 20.3. The molecule has 0 bridgehead atoms. The number of rotatable bonds is 4. The van der Waals surface area contributed by atoms with Crippen molar-refractivity contribution in [1.82, 2.24) is 19.6 Å². The monoisotopic (exact) mass is 440 g/mol. The van der Waals surface area contributed by atoms with Crippen LogP contribution in [0.2, 0.25) is 0 Å². The molecule has 3 heterocycles. The Morgan fingerprint density at radius 2 is 1.88 bits per heavy atom. The highest BCUT2D eigenvalue weighted by Crippen LogP contribution is 2.35. The van der Waals surface area contributed by atoms with Gasteiger partial charge < -0.3 is 9.67 Å². The van der Waals surface area contributed by atoms with E-state index in [4.69, 9.17) is 0 Å². The summed E-state index contributed by atoms with van der Waals surface area (Å²) in [5, 5.41) is 18.7. The van der Waals surface area contributed by atoms with Crippen LogP contribution < -0.4 is 0 Å². The summed E-state index contributed by atoms with van der Waals surface area (Å²) in [5.41, 5.74) is 3.25. The largest absolute Gasteiger partial charge is 0.481 e. The Labute approximate surface area is 180 Å². The molecule has 1 atom stereocenters. The highest BCUT2D eigenvalue weighted by molar-refractivity contribution is 5.89. The van der Waals surface area contributed by atoms with Gasteiger partial charge in [0.05, 0.1) is 24.2 Å². The molecule has 0 spiro atoms. The van der Waals surface area contributed by atoms with E-state index in [9.17, 15) is 23.1 Å². The highest BCUT2D eigenvalue weighted by atomic mass is 19.4. The Balaban J connectivity index is 1.44. The van der Waals surface area contributed by atoms with E-state index in [-0.39, 0.29) is 12.5 Å². The Hall–Kier alpha value is -3.62. The fourth-order valence-corrected chi connectivity index (χ4v) is 4.51. The summed E-state index contributed by atoms with van der Waals surface area (Å²) in [6.45, 7) is 0.616. The summed E-state index contributed by atoms with van der Waals surface area (Å²) in [4.78, 5) is 11.4. The highest BCUT2D eigenvalue weighted by Gasteiger charge is 2.30. The van der Waals surface area contributed by atoms with Crippen LogP contribution in [0.1, 0.15) is 29.3 Å². The van der Waals surface area contributed by atoms with Crippen LogP contribution in [0, 0.1) is 0 Å². The molecule has 2 aromatic heterocycles. The number of nitrogens with zero attached hydrogens (tertiary/aromatic N) is 4. The third-order valence-corrected chi connectivity index (χ3v) is 6.02. The first-order valence-electron chi connectivity index (χ1n) is 10.2. The minimum absolute atomic E-state index is 0.00619. The van der Waals surface area contributed by atoms with Gasteiger partial charge in [-0.05, 0) is 36.6 Å². The number of benzene rings is 2. The quantitative estimate of drug-likeness (QED) is 0.498. The minimum Gasteiger partial charge on any atom is -0.481 e. The second-order valence-electron chi connectivity index (χ2n) is 7.97. The summed E-state index contributed by atoms with van der Waals surface area (Å²) >= 11 is 0. The van der Waals surface area contributed by atoms with Gasteiger partial charge in [0, 0.05) is 28.7 Å². The fourth-order valence-electron chi connectivity index (χ4n) is 4.51. The van der Waals surface area contributed by atoms with E-state index in [0.29, 0.717) is 24.2 Å². The number of hydrogen-bond acceptors (Lipinski definition) is 3. The first-order valence-corrected chi connectivity index (χ1v) is 10.2. The van der Waals surface area contributed by atoms with Crippen molar-refractivity contribution in [2.45, 2.75) is 38.0 Å². The van der Waals surface area contributed by atoms with Crippen molar-refractivity contribution in [3.05, 3.63) is 71.5 Å². The molecule has 1 N–H and O–H groups in total. The summed E-state index contributed by atoms with van der Waals surface area (Å²) in [6, 6.07) is 12.7. The maximum absolute atomic E-state index is 12.8. The third-order valence-electron chi connectivity index (χ3n) is 6.02. The maximum Gasteiger partial charge on any atom is 0.416 e. The molecular formula is C23H19F3N4O2. The van der Waals surface area contributed by atoms with Gasteiger partial charge in [-0.15, -0.1) is 5.10 Å². The zero-order valence-corrected chi connectivity index (χ0v) is 16.9. The Kier molecular flexibility index (Phi) is 4.76. The molecule has 0 saturated carbocycles. The van der Waals surface area contributed by atoms with E-state index >= 15 is 0 Å². The van der Waals surface area contributed by atoms with Gasteiger partial charge in [-0.25, -0.2) is 4.68 Å². The van der Waals surface area contributed by atoms with Crippen molar-refractivity contribution >= 4 is 16.9 Å². The topological polar surface area (TPSA) is 72.9 Å². The van der Waals surface area contributed by atoms with E-state index in [0.717, 1.165) is 40.7 Å². The van der Waals surface area contributed by atoms with Gasteiger partial charge >= 0.3 is 12.1 Å². The smallest absolute Gasteiger partial charge is 0.416 e. The van der Waals surface area contributed by atoms with Crippen LogP contribution in [0.25, 0.3) is 22.2 Å². The zero-order valence-electron chi connectivity index (χ0n) is 16.9. The lowest BCUT2D eigenvalue weighted by Gasteiger charge is -2.26. The average Bonchev–Trinajstić information content (AvgIpc) is 3.37. The molecule has 0 saturated heterocycles. The Bertz CT molecular complexity index is 1310. The fraction of sp³-hybridized carbons (Fsp3) is 0.261. The molecule has 0 radical (unpaired) electrons. The van der Waals surface area contributed by atoms with E-state index in [1.165, 1.54) is 12.1 Å². The Morgan fingerprint density at radius 3 is 2.59 bits per heavy atom. The number of alkyl halides is 3. The van der Waals surface area contributed by atoms with Crippen molar-refractivity contribution in [3.8, 4) is 11.3 Å². The lowest BCUT2D eigenvalue weighted by molar-refractivity contribution is -0.138. The molecule has 5 rings (SSSR count). The Morgan fingerprint density at radius 1 is 1.12 bits per heavy atom. The summed E-state index contributed by atoms with van der Waals surface area (Å²) in [7, 11) is 0. The van der Waals surface area contributed by atoms with Crippen molar-refractivity contribution in [3.63, 3.8) is 0 Å². The molecule has 4 aromatic rings. The first-order chi connectivity index (χ1) is 15.3. The van der Waals surface area contributed by atoms with Crippen LogP contribution >= 0.6 is 0 Å². The number of aliphatic carboxylic acids is 1. The number of para-hydroxylation sites is 1. The van der Waals surface area contributed by atoms with E-state index in [2.05, 4.69) is 14.9 Å². The molecule has 1 aliphatic heterocycles. The van der Waals surface area contributed by atoms with Crippen LogP contribution in [0.5, 0.6) is 0 Å². The number of carboxylic acids is 1. The molecule has 0 fully saturated rings. The number of hydrogen-bond donors (Lipinski definition) is 1. The summed E-state index contributed by atoms with van der Waals surface area (Å²) in [6.07, 6.45) is -1.18. The number of carbonyl (C=O) groups is 1. The van der Waals surface area contributed by atoms with Crippen LogP contribution in [-0.2, 0) is 30.4 Å². The molecular weight excluding hydrogens is 421 g/mol. The molecule has 1 unspecified atom stereocenters. The van der Waals surface area contributed by atoms with Gasteiger partial charge in [-0.2, -0.15) is 13.2 Å². The van der Waals surface area contributed by atoms with Crippen molar-refractivity contribution in [2.75, 3.05) is 0 Å². The summed E-state index contributed by atoms with van der Waals surface area (Å²) < 4.78 is 42.3. The minimum atomic E-state index is -4.38. The van der Waals surface area contributed by atoms with Gasteiger partial charge in [0.15, 0.2) is 0 Å². The lowest BCUT2D eigenvalue weighted by atomic mass is 10.0. The maximum atomic E-state index is 12.8. The third kappa shape index (κ3) is 3.53. The average molecular weight is 440 g/mol. The standard InChI is InChI=1S/C23H19F3N4O2/c24-23(25,26)15-7-5-14(6-8-15)19-13-30(28-27-19)16-9-10-21-18(11-22(31)32)17-3-1-2-4-20(17)29(21)12-16/h1-8,13,16H,9-12H2,(H,31,32). The van der Waals surface area contributed by atoms with E-state index < -0.39 is 17.7 Å². The van der Waals surface area contributed by atoms with Gasteiger partial charge in [0.1, 0.15) is 5.69 Å². The van der Waals surface area contributed by atoms with Crippen molar-refractivity contribution < 1.29 is 23.1 Å². The van der Waals surface area contributed by atoms with E-state index in [1.807, 2.05) is 24.3 Å². The van der Waals surface area contributed by atoms with Crippen LogP contribution in [0.3, 0.4) is 0 Å². The second-order valence-corrected chi connectivity index (χ2v) is 7.97. The SMILES string of the molecule is O=C(O)Cc1c2n(c3ccccc13)CC(n1cc(-c3ccc(C(F)(F)F)cc3)nn1)CC2. The predicted molar refractivity (Wildman–Crippen MR) is 111 cm³/mol. The van der Waals surface area contributed by atoms with Crippen molar-refractivity contribution in [2.24, 2.45) is 0 Å². The molecule has 9 heteroatoms. The van der Waals surface area contributed by atoms with Crippen LogP contribution in [0.4, 0.5) is 13.2 Å². The van der Waals surface area contributed by atoms with Crippen LogP contribution in [-0.4, -0.2) is 30.6 Å². The number of halogens is 3. The number of carboxylic acid groups (broad SMARTS) is 1. The van der Waals surface area contributed by atoms with E-state index in [1.54, 1.807) is 10.9 Å². The number of aromatic nitrogens is 4. The van der Waals surface area contributed by atoms with Gasteiger partial charge in [-0.3, -0.25) is 4.79 Å². The van der Waals surface area contributed by atoms with Gasteiger partial charge in [0.25, 0.3) is 0 Å². The van der Waals surface area contributed by atoms with Crippen LogP contribution in [0.15, 0.2) is 54.7 Å². The molecule has 0 amide bonds. The second kappa shape index (κ2) is 7.51. The van der Waals surface area contributed by atoms with Crippen molar-refractivity contribution in [1.29, 1.82) is 0 Å². The van der Waals surface area contributed by atoms with Gasteiger partial charge in [0.2, 0.25) is 0 Å². The molecule has 32 heavy (non-hydrogen) atoms. The number of fused-ring (bicyclic) bond motifs is 3. The summed E-state index contributed by atoms with van der Waals surface area (Å²) in [5.74, 6) is -0.858. The molecule has 164 valence electrons. The molecule has 1 aliphatic rings. The zero-order chi connectivity index (χ0) is 22.5. The molecule has 2 aromatic carbocycles. The molecule has 0 aliphatic carbocycles. The predicted octanol–water partition coefficient (Wildman–Crippen LogP) is 4.73. The lowest BCUT2D eigenvalue weighted by Crippen LogP contribution is -2.24. The van der Waals surface area contributed by atoms with Gasteiger partial charge in [-0.1, -0.05) is 35.5 Å². The molecule has 6 nitrogen and oxygen atoms in total.